The summed E-state index contributed by atoms with van der Waals surface area (Å²) in [6.07, 6.45) is -2.26. The van der Waals surface area contributed by atoms with E-state index in [2.05, 4.69) is 15.7 Å². The van der Waals surface area contributed by atoms with Crippen LogP contribution in [-0.4, -0.2) is 36.1 Å². The van der Waals surface area contributed by atoms with Gasteiger partial charge in [-0.15, -0.1) is 0 Å². The first kappa shape index (κ1) is 21.6. The zero-order valence-electron chi connectivity index (χ0n) is 17.3. The predicted molar refractivity (Wildman–Crippen MR) is 108 cm³/mol. The summed E-state index contributed by atoms with van der Waals surface area (Å²) in [5.74, 6) is 0.802. The monoisotopic (exact) mass is 450 g/mol. The number of carbonyl (C=O) groups is 1. The summed E-state index contributed by atoms with van der Waals surface area (Å²) >= 11 is 0. The van der Waals surface area contributed by atoms with Crippen molar-refractivity contribution >= 4 is 11.7 Å². The second-order valence-corrected chi connectivity index (χ2v) is 7.22. The lowest BCUT2D eigenvalue weighted by atomic mass is 9.96. The van der Waals surface area contributed by atoms with Gasteiger partial charge in [-0.05, 0) is 29.8 Å². The third-order valence-electron chi connectivity index (χ3n) is 5.30. The molecule has 2 atom stereocenters. The van der Waals surface area contributed by atoms with Crippen LogP contribution in [0.4, 0.5) is 19.0 Å². The Morgan fingerprint density at radius 3 is 2.72 bits per heavy atom. The first-order chi connectivity index (χ1) is 15.3. The molecule has 0 spiro atoms. The fraction of sp³-hybridized carbons (Fsp3) is 0.333. The molecule has 4 rings (SSSR count). The SMILES string of the molecule is COc1ccc([C@@H]2C[C@H](C(F)(F)F)n3ncc(C(=O)NCc4ccco4)c3N2)cc1OC. The summed E-state index contributed by atoms with van der Waals surface area (Å²) in [7, 11) is 2.92. The van der Waals surface area contributed by atoms with Crippen molar-refractivity contribution in [2.45, 2.75) is 31.2 Å². The van der Waals surface area contributed by atoms with Gasteiger partial charge in [0.25, 0.3) is 5.91 Å². The number of hydrogen-bond donors (Lipinski definition) is 2. The summed E-state index contributed by atoms with van der Waals surface area (Å²) in [6.45, 7) is 0.0955. The lowest BCUT2D eigenvalue weighted by molar-refractivity contribution is -0.173. The van der Waals surface area contributed by atoms with Crippen LogP contribution < -0.4 is 20.1 Å². The molecule has 1 aliphatic heterocycles. The Balaban J connectivity index is 1.66. The van der Waals surface area contributed by atoms with E-state index in [0.717, 1.165) is 10.9 Å². The maximum atomic E-state index is 13.9. The topological polar surface area (TPSA) is 90.6 Å². The number of ether oxygens (including phenoxy) is 2. The van der Waals surface area contributed by atoms with Gasteiger partial charge >= 0.3 is 6.18 Å². The van der Waals surface area contributed by atoms with Crippen LogP contribution in [0.2, 0.25) is 0 Å². The summed E-state index contributed by atoms with van der Waals surface area (Å²) in [5.41, 5.74) is 0.572. The Bertz CT molecular complexity index is 1100. The number of nitrogens with one attached hydrogen (secondary N) is 2. The van der Waals surface area contributed by atoms with Crippen LogP contribution in [0, 0.1) is 0 Å². The van der Waals surface area contributed by atoms with E-state index in [1.165, 1.54) is 20.5 Å². The second kappa shape index (κ2) is 8.48. The number of furan rings is 1. The van der Waals surface area contributed by atoms with Gasteiger partial charge in [-0.1, -0.05) is 6.07 Å². The van der Waals surface area contributed by atoms with Crippen molar-refractivity contribution in [2.75, 3.05) is 19.5 Å². The first-order valence-electron chi connectivity index (χ1n) is 9.75. The highest BCUT2D eigenvalue weighted by atomic mass is 19.4. The van der Waals surface area contributed by atoms with Gasteiger partial charge in [-0.3, -0.25) is 4.79 Å². The highest BCUT2D eigenvalue weighted by molar-refractivity contribution is 5.98. The summed E-state index contributed by atoms with van der Waals surface area (Å²) in [6, 6.07) is 5.62. The molecule has 0 saturated heterocycles. The van der Waals surface area contributed by atoms with Crippen molar-refractivity contribution in [1.82, 2.24) is 15.1 Å². The quantitative estimate of drug-likeness (QED) is 0.588. The molecule has 11 heteroatoms. The molecule has 2 aromatic heterocycles. The molecule has 0 aliphatic carbocycles. The molecule has 0 fully saturated rings. The fourth-order valence-corrected chi connectivity index (χ4v) is 3.69. The van der Waals surface area contributed by atoms with Crippen LogP contribution in [0.25, 0.3) is 0 Å². The van der Waals surface area contributed by atoms with Crippen LogP contribution in [-0.2, 0) is 6.54 Å². The molecule has 170 valence electrons. The molecule has 0 saturated carbocycles. The van der Waals surface area contributed by atoms with Crippen molar-refractivity contribution in [2.24, 2.45) is 0 Å². The molecule has 1 aromatic carbocycles. The van der Waals surface area contributed by atoms with Crippen molar-refractivity contribution in [3.63, 3.8) is 0 Å². The van der Waals surface area contributed by atoms with Crippen LogP contribution in [0.15, 0.2) is 47.2 Å². The minimum atomic E-state index is -4.56. The second-order valence-electron chi connectivity index (χ2n) is 7.22. The Morgan fingerprint density at radius 2 is 2.06 bits per heavy atom. The maximum absolute atomic E-state index is 13.9. The lowest BCUT2D eigenvalue weighted by Crippen LogP contribution is -2.36. The molecule has 3 heterocycles. The number of carbonyl (C=O) groups excluding carboxylic acids is 1. The van der Waals surface area contributed by atoms with Gasteiger partial charge in [0.15, 0.2) is 17.5 Å². The molecule has 0 radical (unpaired) electrons. The van der Waals surface area contributed by atoms with E-state index in [-0.39, 0.29) is 24.3 Å². The molecular weight excluding hydrogens is 429 g/mol. The number of methoxy groups -OCH3 is 2. The highest BCUT2D eigenvalue weighted by Gasteiger charge is 2.47. The van der Waals surface area contributed by atoms with Crippen molar-refractivity contribution in [3.05, 3.63) is 59.7 Å². The Labute approximate surface area is 181 Å². The number of alkyl halides is 3. The van der Waals surface area contributed by atoms with Crippen molar-refractivity contribution in [1.29, 1.82) is 0 Å². The summed E-state index contributed by atoms with van der Waals surface area (Å²) < 4.78 is 58.1. The number of halogens is 3. The minimum Gasteiger partial charge on any atom is -0.493 e. The van der Waals surface area contributed by atoms with E-state index in [1.54, 1.807) is 30.3 Å². The fourth-order valence-electron chi connectivity index (χ4n) is 3.69. The van der Waals surface area contributed by atoms with Crippen molar-refractivity contribution in [3.8, 4) is 11.5 Å². The van der Waals surface area contributed by atoms with Crippen LogP contribution >= 0.6 is 0 Å². The van der Waals surface area contributed by atoms with E-state index in [9.17, 15) is 18.0 Å². The van der Waals surface area contributed by atoms with E-state index in [1.807, 2.05) is 0 Å². The maximum Gasteiger partial charge on any atom is 0.410 e. The average Bonchev–Trinajstić information content (AvgIpc) is 3.45. The molecule has 2 N–H and O–H groups in total. The smallest absolute Gasteiger partial charge is 0.410 e. The van der Waals surface area contributed by atoms with Gasteiger partial charge in [0.2, 0.25) is 0 Å². The number of benzene rings is 1. The van der Waals surface area contributed by atoms with E-state index >= 15 is 0 Å². The summed E-state index contributed by atoms with van der Waals surface area (Å²) in [5, 5.41) is 9.55. The number of aromatic nitrogens is 2. The van der Waals surface area contributed by atoms with Crippen LogP contribution in [0.5, 0.6) is 11.5 Å². The highest BCUT2D eigenvalue weighted by Crippen LogP contribution is 2.45. The molecule has 1 aliphatic rings. The molecule has 3 aromatic rings. The van der Waals surface area contributed by atoms with E-state index in [0.29, 0.717) is 22.8 Å². The normalized spacial score (nSPS) is 17.9. The standard InChI is InChI=1S/C21H21F3N4O4/c1-30-16-6-5-12(8-17(16)31-2)15-9-18(21(22,23)24)28-19(27-15)14(11-26-28)20(29)25-10-13-4-3-7-32-13/h3-8,11,15,18,27H,9-10H2,1-2H3,(H,25,29)/t15-,18+/m0/s1. The predicted octanol–water partition coefficient (Wildman–Crippen LogP) is 4.08. The Morgan fingerprint density at radius 1 is 1.28 bits per heavy atom. The van der Waals surface area contributed by atoms with Gasteiger partial charge in [-0.2, -0.15) is 18.3 Å². The van der Waals surface area contributed by atoms with E-state index < -0.39 is 24.2 Å². The van der Waals surface area contributed by atoms with Crippen molar-refractivity contribution < 1.29 is 31.9 Å². The molecule has 1 amide bonds. The van der Waals surface area contributed by atoms with Gasteiger partial charge in [0.05, 0.1) is 39.3 Å². The van der Waals surface area contributed by atoms with Gasteiger partial charge in [0, 0.05) is 6.42 Å². The van der Waals surface area contributed by atoms with Crippen LogP contribution in [0.3, 0.4) is 0 Å². The lowest BCUT2D eigenvalue weighted by Gasteiger charge is -2.34. The molecule has 8 nitrogen and oxygen atoms in total. The number of hydrogen-bond acceptors (Lipinski definition) is 6. The van der Waals surface area contributed by atoms with Gasteiger partial charge in [-0.25, -0.2) is 4.68 Å². The third-order valence-corrected chi connectivity index (χ3v) is 5.30. The molecule has 32 heavy (non-hydrogen) atoms. The average molecular weight is 450 g/mol. The number of anilines is 1. The zero-order chi connectivity index (χ0) is 22.9. The summed E-state index contributed by atoms with van der Waals surface area (Å²) in [4.78, 5) is 12.7. The molecule has 0 bridgehead atoms. The zero-order valence-corrected chi connectivity index (χ0v) is 17.3. The van der Waals surface area contributed by atoms with Crippen LogP contribution in [0.1, 0.15) is 40.2 Å². The van der Waals surface area contributed by atoms with E-state index in [4.69, 9.17) is 13.9 Å². The number of amides is 1. The number of nitrogens with zero attached hydrogens (tertiary/aromatic N) is 2. The Hall–Kier alpha value is -3.63. The molecular formula is C21H21F3N4O4. The number of rotatable bonds is 6. The van der Waals surface area contributed by atoms with Gasteiger partial charge < -0.3 is 24.5 Å². The number of fused-ring (bicyclic) bond motifs is 1. The van der Waals surface area contributed by atoms with Gasteiger partial charge in [0.1, 0.15) is 17.1 Å². The molecule has 0 unspecified atom stereocenters. The third kappa shape index (κ3) is 4.10. The largest absolute Gasteiger partial charge is 0.493 e. The first-order valence-corrected chi connectivity index (χ1v) is 9.75. The Kier molecular flexibility index (Phi) is 5.72. The minimum absolute atomic E-state index is 0.00435.